The van der Waals surface area contributed by atoms with Crippen LogP contribution in [0.4, 0.5) is 8.78 Å². The molecule has 0 radical (unpaired) electrons. The highest BCUT2D eigenvalue weighted by Gasteiger charge is 2.19. The van der Waals surface area contributed by atoms with E-state index in [4.69, 9.17) is 11.6 Å². The maximum atomic E-state index is 13.1. The lowest BCUT2D eigenvalue weighted by Gasteiger charge is -2.09. The van der Waals surface area contributed by atoms with E-state index in [-0.39, 0.29) is 16.9 Å². The molecule has 1 aromatic carbocycles. The highest BCUT2D eigenvalue weighted by atomic mass is 35.5. The molecule has 2 nitrogen and oxygen atoms in total. The van der Waals surface area contributed by atoms with Crippen molar-refractivity contribution in [3.8, 4) is 5.75 Å². The molecule has 0 saturated carbocycles. The smallest absolute Gasteiger partial charge is 0.252 e. The largest absolute Gasteiger partial charge is 0.493 e. The fourth-order valence-corrected chi connectivity index (χ4v) is 1.34. The van der Waals surface area contributed by atoms with Gasteiger partial charge in [-0.15, -0.1) is 0 Å². The third kappa shape index (κ3) is 1.70. The molecule has 0 atom stereocenters. The lowest BCUT2D eigenvalue weighted by atomic mass is 10.1. The standard InChI is InChI=1S/C9H7ClF2O2/c1-4-5(9(10)13)3-6(11)7(12)8(4)14-2/h3H,1-2H3. The van der Waals surface area contributed by atoms with Crippen molar-refractivity contribution in [1.82, 2.24) is 0 Å². The summed E-state index contributed by atoms with van der Waals surface area (Å²) in [6.45, 7) is 1.43. The second kappa shape index (κ2) is 3.92. The van der Waals surface area contributed by atoms with Crippen LogP contribution < -0.4 is 4.74 Å². The molecule has 0 aromatic heterocycles. The van der Waals surface area contributed by atoms with Gasteiger partial charge in [-0.05, 0) is 24.6 Å². The van der Waals surface area contributed by atoms with Crippen LogP contribution in [0, 0.1) is 18.6 Å². The van der Waals surface area contributed by atoms with E-state index in [0.29, 0.717) is 0 Å². The topological polar surface area (TPSA) is 26.3 Å². The summed E-state index contributed by atoms with van der Waals surface area (Å²) >= 11 is 5.18. The SMILES string of the molecule is COc1c(C)c(C(=O)Cl)cc(F)c1F. The number of hydrogen-bond donors (Lipinski definition) is 0. The molecule has 0 N–H and O–H groups in total. The molecule has 76 valence electrons. The monoisotopic (exact) mass is 220 g/mol. The summed E-state index contributed by atoms with van der Waals surface area (Å²) in [7, 11) is 1.19. The highest BCUT2D eigenvalue weighted by Crippen LogP contribution is 2.28. The quantitative estimate of drug-likeness (QED) is 0.717. The minimum atomic E-state index is -1.16. The van der Waals surface area contributed by atoms with Gasteiger partial charge < -0.3 is 4.74 Å². The van der Waals surface area contributed by atoms with Gasteiger partial charge in [-0.1, -0.05) is 0 Å². The molecule has 0 fully saturated rings. The number of hydrogen-bond acceptors (Lipinski definition) is 2. The number of benzene rings is 1. The average Bonchev–Trinajstić information content (AvgIpc) is 2.12. The van der Waals surface area contributed by atoms with Gasteiger partial charge in [-0.2, -0.15) is 4.39 Å². The Morgan fingerprint density at radius 2 is 2.07 bits per heavy atom. The summed E-state index contributed by atoms with van der Waals surface area (Å²) in [5.41, 5.74) is 0.0915. The van der Waals surface area contributed by atoms with Crippen molar-refractivity contribution >= 4 is 16.8 Å². The first kappa shape index (κ1) is 10.9. The first-order valence-corrected chi connectivity index (χ1v) is 4.09. The summed E-state index contributed by atoms with van der Waals surface area (Å²) in [5, 5.41) is -0.848. The summed E-state index contributed by atoms with van der Waals surface area (Å²) in [5.74, 6) is -2.57. The third-order valence-electron chi connectivity index (χ3n) is 1.84. The van der Waals surface area contributed by atoms with E-state index >= 15 is 0 Å². The lowest BCUT2D eigenvalue weighted by Crippen LogP contribution is -2.02. The van der Waals surface area contributed by atoms with E-state index in [0.717, 1.165) is 6.07 Å². The van der Waals surface area contributed by atoms with E-state index in [1.165, 1.54) is 14.0 Å². The number of carbonyl (C=O) groups is 1. The number of carbonyl (C=O) groups excluding carboxylic acids is 1. The Labute approximate surface area is 84.4 Å². The van der Waals surface area contributed by atoms with Crippen LogP contribution in [0.5, 0.6) is 5.75 Å². The van der Waals surface area contributed by atoms with Gasteiger partial charge in [0.15, 0.2) is 11.6 Å². The Morgan fingerprint density at radius 3 is 2.50 bits per heavy atom. The van der Waals surface area contributed by atoms with Crippen LogP contribution >= 0.6 is 11.6 Å². The Bertz CT molecular complexity index is 391. The molecule has 14 heavy (non-hydrogen) atoms. The maximum Gasteiger partial charge on any atom is 0.252 e. The summed E-state index contributed by atoms with van der Waals surface area (Å²) in [6.07, 6.45) is 0. The van der Waals surface area contributed by atoms with Crippen LogP contribution in [-0.4, -0.2) is 12.4 Å². The molecule has 1 aromatic rings. The zero-order valence-electron chi connectivity index (χ0n) is 7.53. The Balaban J connectivity index is 3.50. The first-order chi connectivity index (χ1) is 6.49. The van der Waals surface area contributed by atoms with Crippen molar-refractivity contribution < 1.29 is 18.3 Å². The molecule has 0 aliphatic carbocycles. The molecular formula is C9H7ClF2O2. The van der Waals surface area contributed by atoms with Crippen LogP contribution in [0.1, 0.15) is 15.9 Å². The van der Waals surface area contributed by atoms with E-state index in [9.17, 15) is 13.6 Å². The van der Waals surface area contributed by atoms with Gasteiger partial charge >= 0.3 is 0 Å². The molecular weight excluding hydrogens is 214 g/mol. The van der Waals surface area contributed by atoms with Gasteiger partial charge in [0, 0.05) is 11.1 Å². The molecule has 0 aliphatic rings. The molecule has 0 bridgehead atoms. The molecule has 1 rings (SSSR count). The van der Waals surface area contributed by atoms with Crippen LogP contribution in [0.2, 0.25) is 0 Å². The van der Waals surface area contributed by atoms with E-state index in [2.05, 4.69) is 4.74 Å². The van der Waals surface area contributed by atoms with Crippen molar-refractivity contribution in [3.63, 3.8) is 0 Å². The van der Waals surface area contributed by atoms with Gasteiger partial charge in [0.25, 0.3) is 5.24 Å². The number of ether oxygens (including phenoxy) is 1. The Morgan fingerprint density at radius 1 is 1.50 bits per heavy atom. The van der Waals surface area contributed by atoms with Crippen molar-refractivity contribution in [1.29, 1.82) is 0 Å². The lowest BCUT2D eigenvalue weighted by molar-refractivity contribution is 0.108. The molecule has 0 heterocycles. The summed E-state index contributed by atoms with van der Waals surface area (Å²) in [4.78, 5) is 10.8. The molecule has 0 saturated heterocycles. The van der Waals surface area contributed by atoms with Crippen LogP contribution in [0.25, 0.3) is 0 Å². The maximum absolute atomic E-state index is 13.1. The minimum absolute atomic E-state index is 0.0950. The zero-order valence-corrected chi connectivity index (χ0v) is 8.28. The molecule has 0 aliphatic heterocycles. The predicted octanol–water partition coefficient (Wildman–Crippen LogP) is 2.66. The van der Waals surface area contributed by atoms with E-state index in [1.54, 1.807) is 0 Å². The Hall–Kier alpha value is -1.16. The molecule has 5 heteroatoms. The average molecular weight is 221 g/mol. The van der Waals surface area contributed by atoms with Crippen molar-refractivity contribution in [2.75, 3.05) is 7.11 Å². The van der Waals surface area contributed by atoms with Gasteiger partial charge in [-0.3, -0.25) is 4.79 Å². The van der Waals surface area contributed by atoms with Gasteiger partial charge in [-0.25, -0.2) is 4.39 Å². The van der Waals surface area contributed by atoms with Crippen LogP contribution in [0.15, 0.2) is 6.07 Å². The predicted molar refractivity (Wildman–Crippen MR) is 47.8 cm³/mol. The van der Waals surface area contributed by atoms with E-state index < -0.39 is 16.9 Å². The number of methoxy groups -OCH3 is 1. The molecule has 0 amide bonds. The second-order valence-corrected chi connectivity index (χ2v) is 3.00. The van der Waals surface area contributed by atoms with Crippen molar-refractivity contribution in [2.24, 2.45) is 0 Å². The highest BCUT2D eigenvalue weighted by molar-refractivity contribution is 6.67. The third-order valence-corrected chi connectivity index (χ3v) is 2.04. The number of rotatable bonds is 2. The fraction of sp³-hybridized carbons (Fsp3) is 0.222. The van der Waals surface area contributed by atoms with Crippen LogP contribution in [0.3, 0.4) is 0 Å². The molecule has 0 spiro atoms. The summed E-state index contributed by atoms with van der Waals surface area (Å²) < 4.78 is 30.6. The summed E-state index contributed by atoms with van der Waals surface area (Å²) in [6, 6.07) is 0.752. The van der Waals surface area contributed by atoms with Crippen molar-refractivity contribution in [3.05, 3.63) is 28.8 Å². The normalized spacial score (nSPS) is 10.1. The number of halogens is 3. The fourth-order valence-electron chi connectivity index (χ4n) is 1.14. The van der Waals surface area contributed by atoms with Gasteiger partial charge in [0.2, 0.25) is 5.82 Å². The van der Waals surface area contributed by atoms with Crippen molar-refractivity contribution in [2.45, 2.75) is 6.92 Å². The van der Waals surface area contributed by atoms with Crippen LogP contribution in [-0.2, 0) is 0 Å². The van der Waals surface area contributed by atoms with Gasteiger partial charge in [0.05, 0.1) is 7.11 Å². The Kier molecular flexibility index (Phi) is 3.06. The van der Waals surface area contributed by atoms with E-state index in [1.807, 2.05) is 0 Å². The first-order valence-electron chi connectivity index (χ1n) is 3.71. The zero-order chi connectivity index (χ0) is 10.9. The minimum Gasteiger partial charge on any atom is -0.493 e. The van der Waals surface area contributed by atoms with Gasteiger partial charge in [0.1, 0.15) is 0 Å². The molecule has 0 unspecified atom stereocenters. The second-order valence-electron chi connectivity index (χ2n) is 2.65.